The lowest BCUT2D eigenvalue weighted by Crippen LogP contribution is -2.34. The van der Waals surface area contributed by atoms with E-state index in [1.54, 1.807) is 17.1 Å². The molecule has 33 heavy (non-hydrogen) atoms. The predicted octanol–water partition coefficient (Wildman–Crippen LogP) is 6.03. The Bertz CT molecular complexity index is 1190. The van der Waals surface area contributed by atoms with E-state index in [2.05, 4.69) is 18.2 Å². The highest BCUT2D eigenvalue weighted by Crippen LogP contribution is 2.44. The van der Waals surface area contributed by atoms with Crippen LogP contribution in [0.15, 0.2) is 95.6 Å². The summed E-state index contributed by atoms with van der Waals surface area (Å²) < 4.78 is 19.5. The third-order valence-electron chi connectivity index (χ3n) is 6.23. The molecule has 0 radical (unpaired) electrons. The second-order valence-electron chi connectivity index (χ2n) is 8.38. The summed E-state index contributed by atoms with van der Waals surface area (Å²) in [7, 11) is 0. The number of hydrazone groups is 1. The summed E-state index contributed by atoms with van der Waals surface area (Å²) in [6, 6.07) is 26.1. The van der Waals surface area contributed by atoms with Gasteiger partial charge in [0.2, 0.25) is 0 Å². The Morgan fingerprint density at radius 1 is 1.00 bits per heavy atom. The summed E-state index contributed by atoms with van der Waals surface area (Å²) in [6.07, 6.45) is 5.11. The van der Waals surface area contributed by atoms with Gasteiger partial charge in [0, 0.05) is 5.92 Å². The van der Waals surface area contributed by atoms with Crippen molar-refractivity contribution in [2.75, 3.05) is 6.61 Å². The molecule has 0 aromatic heterocycles. The second-order valence-corrected chi connectivity index (χ2v) is 8.38. The molecule has 0 N–H and O–H groups in total. The van der Waals surface area contributed by atoms with Crippen LogP contribution in [0.2, 0.25) is 0 Å². The van der Waals surface area contributed by atoms with Gasteiger partial charge in [-0.25, -0.2) is 9.40 Å². The Morgan fingerprint density at radius 2 is 1.70 bits per heavy atom. The van der Waals surface area contributed by atoms with Crippen LogP contribution in [0.4, 0.5) is 4.39 Å². The number of carbonyl (C=O) groups is 1. The van der Waals surface area contributed by atoms with Crippen LogP contribution in [0.5, 0.6) is 5.75 Å². The van der Waals surface area contributed by atoms with E-state index in [1.165, 1.54) is 17.7 Å². The van der Waals surface area contributed by atoms with Crippen LogP contribution in [0.3, 0.4) is 0 Å². The van der Waals surface area contributed by atoms with E-state index >= 15 is 0 Å². The summed E-state index contributed by atoms with van der Waals surface area (Å²) in [6.45, 7) is -0.272. The van der Waals surface area contributed by atoms with Gasteiger partial charge in [0.05, 0.1) is 11.8 Å². The van der Waals surface area contributed by atoms with Gasteiger partial charge in [0.25, 0.3) is 5.91 Å². The third kappa shape index (κ3) is 4.44. The lowest BCUT2D eigenvalue weighted by molar-refractivity contribution is -0.135. The number of para-hydroxylation sites is 1. The monoisotopic (exact) mass is 440 g/mol. The number of halogens is 1. The van der Waals surface area contributed by atoms with Crippen LogP contribution < -0.4 is 4.74 Å². The largest absolute Gasteiger partial charge is 0.481 e. The standard InChI is InChI=1S/C28H25FN2O2/c29-24-16-7-8-17-25(24)33-19-26(32)31-28(21-12-5-2-6-13-21)23-15-9-14-22(27(23)30-31)18-20-10-3-1-4-11-20/h1-8,10-13,16-18,23,28H,9,14-15,19H2/b22-18-/t23-,28-/m1/s1. The first kappa shape index (κ1) is 21.1. The molecule has 166 valence electrons. The fourth-order valence-electron chi connectivity index (χ4n) is 4.71. The van der Waals surface area contributed by atoms with Gasteiger partial charge in [-0.2, -0.15) is 5.10 Å². The summed E-state index contributed by atoms with van der Waals surface area (Å²) in [4.78, 5) is 13.3. The van der Waals surface area contributed by atoms with Gasteiger partial charge < -0.3 is 4.74 Å². The van der Waals surface area contributed by atoms with Crippen LogP contribution in [-0.2, 0) is 4.79 Å². The Morgan fingerprint density at radius 3 is 2.45 bits per heavy atom. The highest BCUT2D eigenvalue weighted by atomic mass is 19.1. The van der Waals surface area contributed by atoms with Crippen molar-refractivity contribution in [1.82, 2.24) is 5.01 Å². The van der Waals surface area contributed by atoms with Crippen molar-refractivity contribution < 1.29 is 13.9 Å². The zero-order valence-electron chi connectivity index (χ0n) is 18.2. The van der Waals surface area contributed by atoms with E-state index in [1.807, 2.05) is 48.5 Å². The van der Waals surface area contributed by atoms with E-state index in [9.17, 15) is 9.18 Å². The molecule has 3 aromatic rings. The smallest absolute Gasteiger partial charge is 0.281 e. The number of hydrogen-bond acceptors (Lipinski definition) is 3. The van der Waals surface area contributed by atoms with Crippen molar-refractivity contribution in [3.8, 4) is 5.75 Å². The number of benzene rings is 3. The molecular formula is C28H25FN2O2. The first-order valence-electron chi connectivity index (χ1n) is 11.3. The molecule has 2 atom stereocenters. The van der Waals surface area contributed by atoms with E-state index < -0.39 is 5.82 Å². The second kappa shape index (κ2) is 9.41. The van der Waals surface area contributed by atoms with Gasteiger partial charge in [0.15, 0.2) is 18.2 Å². The van der Waals surface area contributed by atoms with Crippen molar-refractivity contribution in [3.05, 3.63) is 107 Å². The Kier molecular flexibility index (Phi) is 6.03. The fraction of sp³-hybridized carbons (Fsp3) is 0.214. The zero-order chi connectivity index (χ0) is 22.6. The average Bonchev–Trinajstić information content (AvgIpc) is 3.25. The molecule has 1 saturated carbocycles. The molecule has 0 bridgehead atoms. The molecule has 1 aliphatic heterocycles. The number of hydrogen-bond donors (Lipinski definition) is 0. The van der Waals surface area contributed by atoms with E-state index in [-0.39, 0.29) is 30.2 Å². The predicted molar refractivity (Wildman–Crippen MR) is 127 cm³/mol. The fourth-order valence-corrected chi connectivity index (χ4v) is 4.71. The molecular weight excluding hydrogens is 415 g/mol. The summed E-state index contributed by atoms with van der Waals surface area (Å²) in [5.41, 5.74) is 4.31. The number of nitrogens with zero attached hydrogens (tertiary/aromatic N) is 2. The molecule has 5 heteroatoms. The average molecular weight is 441 g/mol. The Hall–Kier alpha value is -3.73. The SMILES string of the molecule is O=C(COc1ccccc1F)N1N=C2/C(=C\c3ccccc3)CCC[C@H]2[C@H]1c1ccccc1. The molecule has 1 amide bonds. The molecule has 3 aromatic carbocycles. The van der Waals surface area contributed by atoms with Crippen molar-refractivity contribution in [3.63, 3.8) is 0 Å². The maximum atomic E-state index is 14.0. The molecule has 0 unspecified atom stereocenters. The molecule has 0 spiro atoms. The van der Waals surface area contributed by atoms with Gasteiger partial charge >= 0.3 is 0 Å². The van der Waals surface area contributed by atoms with Gasteiger partial charge in [0.1, 0.15) is 0 Å². The highest BCUT2D eigenvalue weighted by Gasteiger charge is 2.43. The zero-order valence-corrected chi connectivity index (χ0v) is 18.2. The number of fused-ring (bicyclic) bond motifs is 1. The third-order valence-corrected chi connectivity index (χ3v) is 6.23. The van der Waals surface area contributed by atoms with E-state index in [4.69, 9.17) is 9.84 Å². The minimum atomic E-state index is -0.487. The van der Waals surface area contributed by atoms with Gasteiger partial charge in [-0.05, 0) is 54.2 Å². The molecule has 2 aliphatic rings. The van der Waals surface area contributed by atoms with Crippen LogP contribution in [0.25, 0.3) is 6.08 Å². The van der Waals surface area contributed by atoms with Gasteiger partial charge in [-0.15, -0.1) is 0 Å². The van der Waals surface area contributed by atoms with Gasteiger partial charge in [-0.3, -0.25) is 4.79 Å². The molecule has 4 nitrogen and oxygen atoms in total. The number of amides is 1. The number of carbonyl (C=O) groups excluding carboxylic acids is 1. The molecule has 1 heterocycles. The van der Waals surface area contributed by atoms with Crippen LogP contribution in [0.1, 0.15) is 36.4 Å². The lowest BCUT2D eigenvalue weighted by atomic mass is 9.77. The summed E-state index contributed by atoms with van der Waals surface area (Å²) in [5, 5.41) is 6.39. The van der Waals surface area contributed by atoms with Crippen LogP contribution in [0, 0.1) is 11.7 Å². The van der Waals surface area contributed by atoms with Gasteiger partial charge in [-0.1, -0.05) is 72.8 Å². The quantitative estimate of drug-likeness (QED) is 0.486. The molecule has 1 fully saturated rings. The lowest BCUT2D eigenvalue weighted by Gasteiger charge is -2.29. The van der Waals surface area contributed by atoms with Crippen molar-refractivity contribution in [1.29, 1.82) is 0 Å². The van der Waals surface area contributed by atoms with Crippen molar-refractivity contribution in [2.45, 2.75) is 25.3 Å². The summed E-state index contributed by atoms with van der Waals surface area (Å²) >= 11 is 0. The molecule has 0 saturated heterocycles. The first-order valence-corrected chi connectivity index (χ1v) is 11.3. The maximum Gasteiger partial charge on any atom is 0.281 e. The van der Waals surface area contributed by atoms with E-state index in [0.717, 1.165) is 36.1 Å². The van der Waals surface area contributed by atoms with Crippen LogP contribution >= 0.6 is 0 Å². The Balaban J connectivity index is 1.46. The minimum absolute atomic E-state index is 0.0658. The van der Waals surface area contributed by atoms with E-state index in [0.29, 0.717) is 0 Å². The number of rotatable bonds is 5. The first-order chi connectivity index (χ1) is 16.2. The number of allylic oxidation sites excluding steroid dienone is 1. The Labute approximate surface area is 193 Å². The normalized spacial score (nSPS) is 20.9. The number of ether oxygens (including phenoxy) is 1. The molecule has 1 aliphatic carbocycles. The molecule has 5 rings (SSSR count). The van der Waals surface area contributed by atoms with Crippen molar-refractivity contribution in [2.24, 2.45) is 11.0 Å². The maximum absolute atomic E-state index is 14.0. The highest BCUT2D eigenvalue weighted by molar-refractivity contribution is 6.08. The van der Waals surface area contributed by atoms with Crippen LogP contribution in [-0.4, -0.2) is 23.2 Å². The minimum Gasteiger partial charge on any atom is -0.481 e. The topological polar surface area (TPSA) is 41.9 Å². The van der Waals surface area contributed by atoms with Crippen molar-refractivity contribution >= 4 is 17.7 Å². The summed E-state index contributed by atoms with van der Waals surface area (Å²) in [5.74, 6) is -0.586.